The van der Waals surface area contributed by atoms with Crippen LogP contribution in [0.25, 0.3) is 0 Å². The lowest BCUT2D eigenvalue weighted by Gasteiger charge is -2.08. The number of unbranched alkanes of at least 4 members (excludes halogenated alkanes) is 1. The second kappa shape index (κ2) is 6.69. The van der Waals surface area contributed by atoms with Crippen molar-refractivity contribution in [2.24, 2.45) is 0 Å². The molecule has 0 fully saturated rings. The van der Waals surface area contributed by atoms with Crippen molar-refractivity contribution in [2.45, 2.75) is 12.8 Å². The zero-order chi connectivity index (χ0) is 11.1. The van der Waals surface area contributed by atoms with Gasteiger partial charge in [0, 0.05) is 18.8 Å². The highest BCUT2D eigenvalue weighted by Gasteiger charge is 2.00. The Labute approximate surface area is 98.6 Å². The van der Waals surface area contributed by atoms with Gasteiger partial charge in [-0.25, -0.2) is 0 Å². The summed E-state index contributed by atoms with van der Waals surface area (Å²) in [5.41, 5.74) is 1.06. The number of methoxy groups -OCH3 is 1. The zero-order valence-electron chi connectivity index (χ0n) is 8.79. The molecule has 0 radical (unpaired) electrons. The van der Waals surface area contributed by atoms with Gasteiger partial charge in [0.15, 0.2) is 0 Å². The van der Waals surface area contributed by atoms with Crippen LogP contribution in [0.4, 0.5) is 5.69 Å². The molecular weight excluding hydrogens is 258 g/mol. The molecule has 2 N–H and O–H groups in total. The minimum atomic E-state index is 0.258. The molecule has 0 saturated carbocycles. The lowest BCUT2D eigenvalue weighted by molar-refractivity contribution is 0.286. The van der Waals surface area contributed by atoms with Crippen molar-refractivity contribution in [2.75, 3.05) is 25.6 Å². The van der Waals surface area contributed by atoms with Crippen LogP contribution >= 0.6 is 15.9 Å². The van der Waals surface area contributed by atoms with Crippen molar-refractivity contribution in [3.8, 4) is 5.75 Å². The molecule has 0 atom stereocenters. The highest BCUT2D eigenvalue weighted by molar-refractivity contribution is 9.10. The molecule has 0 aliphatic rings. The monoisotopic (exact) mass is 273 g/mol. The lowest BCUT2D eigenvalue weighted by Crippen LogP contribution is -2.02. The molecule has 4 heteroatoms. The number of hydrogen-bond donors (Lipinski definition) is 2. The molecule has 1 rings (SSSR count). The molecule has 0 aliphatic carbocycles. The molecule has 15 heavy (non-hydrogen) atoms. The molecule has 0 aliphatic heterocycles. The van der Waals surface area contributed by atoms with E-state index >= 15 is 0 Å². The van der Waals surface area contributed by atoms with Gasteiger partial charge < -0.3 is 15.2 Å². The van der Waals surface area contributed by atoms with Crippen LogP contribution in [0, 0.1) is 0 Å². The van der Waals surface area contributed by atoms with E-state index in [1.54, 1.807) is 7.11 Å². The van der Waals surface area contributed by atoms with E-state index in [0.29, 0.717) is 0 Å². The van der Waals surface area contributed by atoms with E-state index in [1.807, 2.05) is 18.2 Å². The van der Waals surface area contributed by atoms with Gasteiger partial charge in [0.05, 0.1) is 11.6 Å². The van der Waals surface area contributed by atoms with Gasteiger partial charge in [0.2, 0.25) is 0 Å². The Morgan fingerprint density at radius 2 is 2.20 bits per heavy atom. The SMILES string of the molecule is COc1ccc(NCCCCO)cc1Br. The summed E-state index contributed by atoms with van der Waals surface area (Å²) in [6.45, 7) is 1.13. The summed E-state index contributed by atoms with van der Waals surface area (Å²) in [5, 5.41) is 11.9. The molecule has 84 valence electrons. The third-order valence-corrected chi connectivity index (χ3v) is 2.69. The average molecular weight is 274 g/mol. The predicted molar refractivity (Wildman–Crippen MR) is 65.5 cm³/mol. The molecular formula is C11H16BrNO2. The van der Waals surface area contributed by atoms with Crippen molar-refractivity contribution >= 4 is 21.6 Å². The number of anilines is 1. The van der Waals surface area contributed by atoms with Gasteiger partial charge in [0.1, 0.15) is 5.75 Å². The summed E-state index contributed by atoms with van der Waals surface area (Å²) in [4.78, 5) is 0. The van der Waals surface area contributed by atoms with Crippen LogP contribution in [0.3, 0.4) is 0 Å². The minimum Gasteiger partial charge on any atom is -0.496 e. The molecule has 1 aromatic rings. The first-order valence-electron chi connectivity index (χ1n) is 4.96. The second-order valence-corrected chi connectivity index (χ2v) is 4.06. The predicted octanol–water partition coefficient (Wildman–Crippen LogP) is 2.64. The van der Waals surface area contributed by atoms with Crippen LogP contribution in [0.2, 0.25) is 0 Å². The molecule has 0 unspecified atom stereocenters. The van der Waals surface area contributed by atoms with E-state index in [0.717, 1.165) is 35.3 Å². The van der Waals surface area contributed by atoms with Gasteiger partial charge in [-0.1, -0.05) is 0 Å². The Bertz CT molecular complexity index is 305. The fourth-order valence-electron chi connectivity index (χ4n) is 1.25. The average Bonchev–Trinajstić information content (AvgIpc) is 2.25. The smallest absolute Gasteiger partial charge is 0.133 e. The van der Waals surface area contributed by atoms with E-state index in [-0.39, 0.29) is 6.61 Å². The van der Waals surface area contributed by atoms with Crippen LogP contribution < -0.4 is 10.1 Å². The summed E-state index contributed by atoms with van der Waals surface area (Å²) < 4.78 is 6.08. The van der Waals surface area contributed by atoms with Crippen LogP contribution in [-0.2, 0) is 0 Å². The summed E-state index contributed by atoms with van der Waals surface area (Å²) in [5.74, 6) is 0.830. The molecule has 3 nitrogen and oxygen atoms in total. The molecule has 0 bridgehead atoms. The summed E-state index contributed by atoms with van der Waals surface area (Å²) >= 11 is 3.42. The van der Waals surface area contributed by atoms with Gasteiger partial charge >= 0.3 is 0 Å². The molecule has 1 aromatic carbocycles. The number of benzene rings is 1. The Balaban J connectivity index is 2.45. The quantitative estimate of drug-likeness (QED) is 0.783. The topological polar surface area (TPSA) is 41.5 Å². The Morgan fingerprint density at radius 1 is 1.40 bits per heavy atom. The van der Waals surface area contributed by atoms with Gasteiger partial charge in [-0.05, 0) is 47.0 Å². The van der Waals surface area contributed by atoms with E-state index in [1.165, 1.54) is 0 Å². The van der Waals surface area contributed by atoms with Gasteiger partial charge in [-0.15, -0.1) is 0 Å². The van der Waals surface area contributed by atoms with Crippen molar-refractivity contribution in [1.82, 2.24) is 0 Å². The third kappa shape index (κ3) is 4.10. The maximum Gasteiger partial charge on any atom is 0.133 e. The Hall–Kier alpha value is -0.740. The maximum atomic E-state index is 8.62. The first-order valence-corrected chi connectivity index (χ1v) is 5.75. The number of halogens is 1. The van der Waals surface area contributed by atoms with E-state index in [2.05, 4.69) is 21.2 Å². The fraction of sp³-hybridized carbons (Fsp3) is 0.455. The maximum absolute atomic E-state index is 8.62. The summed E-state index contributed by atoms with van der Waals surface area (Å²) in [6.07, 6.45) is 1.81. The van der Waals surface area contributed by atoms with E-state index in [4.69, 9.17) is 9.84 Å². The van der Waals surface area contributed by atoms with Crippen LogP contribution in [0.15, 0.2) is 22.7 Å². The van der Waals surface area contributed by atoms with Crippen molar-refractivity contribution in [1.29, 1.82) is 0 Å². The number of nitrogens with one attached hydrogen (secondary N) is 1. The minimum absolute atomic E-state index is 0.258. The first kappa shape index (κ1) is 12.3. The van der Waals surface area contributed by atoms with Crippen LogP contribution in [0.1, 0.15) is 12.8 Å². The lowest BCUT2D eigenvalue weighted by atomic mass is 10.2. The number of rotatable bonds is 6. The van der Waals surface area contributed by atoms with Gasteiger partial charge in [-0.3, -0.25) is 0 Å². The summed E-state index contributed by atoms with van der Waals surface area (Å²) in [6, 6.07) is 5.87. The van der Waals surface area contributed by atoms with Crippen molar-refractivity contribution in [3.63, 3.8) is 0 Å². The molecule has 0 amide bonds. The molecule has 0 saturated heterocycles. The van der Waals surface area contributed by atoms with Gasteiger partial charge in [-0.2, -0.15) is 0 Å². The van der Waals surface area contributed by atoms with Crippen LogP contribution in [0.5, 0.6) is 5.75 Å². The van der Waals surface area contributed by atoms with Crippen molar-refractivity contribution in [3.05, 3.63) is 22.7 Å². The van der Waals surface area contributed by atoms with Gasteiger partial charge in [0.25, 0.3) is 0 Å². The number of ether oxygens (including phenoxy) is 1. The standard InChI is InChI=1S/C11H16BrNO2/c1-15-11-5-4-9(8-10(11)12)13-6-2-3-7-14/h4-5,8,13-14H,2-3,6-7H2,1H3. The van der Waals surface area contributed by atoms with Crippen molar-refractivity contribution < 1.29 is 9.84 Å². The molecule has 0 aromatic heterocycles. The number of aliphatic hydroxyl groups is 1. The molecule has 0 spiro atoms. The van der Waals surface area contributed by atoms with E-state index in [9.17, 15) is 0 Å². The molecule has 0 heterocycles. The number of hydrogen-bond acceptors (Lipinski definition) is 3. The number of aliphatic hydroxyl groups excluding tert-OH is 1. The zero-order valence-corrected chi connectivity index (χ0v) is 10.4. The Kier molecular flexibility index (Phi) is 5.50. The van der Waals surface area contributed by atoms with E-state index < -0.39 is 0 Å². The highest BCUT2D eigenvalue weighted by atomic mass is 79.9. The second-order valence-electron chi connectivity index (χ2n) is 3.21. The first-order chi connectivity index (χ1) is 7.27. The van der Waals surface area contributed by atoms with Crippen LogP contribution in [-0.4, -0.2) is 25.4 Å². The third-order valence-electron chi connectivity index (χ3n) is 2.07. The normalized spacial score (nSPS) is 10.1. The largest absolute Gasteiger partial charge is 0.496 e. The fourth-order valence-corrected chi connectivity index (χ4v) is 1.79. The highest BCUT2D eigenvalue weighted by Crippen LogP contribution is 2.27. The Morgan fingerprint density at radius 3 is 2.80 bits per heavy atom. The summed E-state index contributed by atoms with van der Waals surface area (Å²) in [7, 11) is 1.65.